The Morgan fingerprint density at radius 2 is 2.19 bits per heavy atom. The lowest BCUT2D eigenvalue weighted by atomic mass is 10.0. The van der Waals surface area contributed by atoms with Crippen LogP contribution in [-0.2, 0) is 0 Å². The second-order valence-corrected chi connectivity index (χ2v) is 6.06. The molecule has 0 bridgehead atoms. The first-order valence-corrected chi connectivity index (χ1v) is 8.36. The molecule has 0 radical (unpaired) electrons. The van der Waals surface area contributed by atoms with Crippen LogP contribution in [-0.4, -0.2) is 26.7 Å². The SMILES string of the molecule is CCCC1CCN(c2cccc(OC)c2C(C)NCC)C1. The normalized spacial score (nSPS) is 19.8. The number of benzene rings is 1. The molecule has 3 nitrogen and oxygen atoms in total. The number of ether oxygens (including phenoxy) is 1. The summed E-state index contributed by atoms with van der Waals surface area (Å²) in [5.41, 5.74) is 2.65. The van der Waals surface area contributed by atoms with E-state index in [0.29, 0.717) is 6.04 Å². The molecule has 118 valence electrons. The maximum Gasteiger partial charge on any atom is 0.125 e. The van der Waals surface area contributed by atoms with E-state index in [1.807, 2.05) is 0 Å². The Kier molecular flexibility index (Phi) is 5.92. The summed E-state index contributed by atoms with van der Waals surface area (Å²) in [6, 6.07) is 6.75. The lowest BCUT2D eigenvalue weighted by molar-refractivity contribution is 0.402. The molecule has 0 saturated carbocycles. The molecule has 0 spiro atoms. The van der Waals surface area contributed by atoms with Crippen molar-refractivity contribution in [2.75, 3.05) is 31.6 Å². The molecule has 2 atom stereocenters. The first-order chi connectivity index (χ1) is 10.2. The summed E-state index contributed by atoms with van der Waals surface area (Å²) in [6.07, 6.45) is 3.95. The van der Waals surface area contributed by atoms with Crippen LogP contribution in [0.1, 0.15) is 51.6 Å². The van der Waals surface area contributed by atoms with E-state index in [9.17, 15) is 0 Å². The third-order valence-corrected chi connectivity index (χ3v) is 4.53. The zero-order chi connectivity index (χ0) is 15.2. The zero-order valence-corrected chi connectivity index (χ0v) is 14.0. The summed E-state index contributed by atoms with van der Waals surface area (Å²) in [5, 5.41) is 3.53. The Bertz CT molecular complexity index is 447. The van der Waals surface area contributed by atoms with Crippen LogP contribution >= 0.6 is 0 Å². The lowest BCUT2D eigenvalue weighted by Crippen LogP contribution is -2.25. The van der Waals surface area contributed by atoms with Gasteiger partial charge in [0.05, 0.1) is 7.11 Å². The van der Waals surface area contributed by atoms with Crippen molar-refractivity contribution in [1.82, 2.24) is 5.32 Å². The monoisotopic (exact) mass is 290 g/mol. The Labute approximate surface area is 129 Å². The lowest BCUT2D eigenvalue weighted by Gasteiger charge is -2.27. The number of nitrogens with one attached hydrogen (secondary N) is 1. The van der Waals surface area contributed by atoms with Gasteiger partial charge in [-0.05, 0) is 44.4 Å². The van der Waals surface area contributed by atoms with E-state index >= 15 is 0 Å². The van der Waals surface area contributed by atoms with Gasteiger partial charge < -0.3 is 15.0 Å². The number of nitrogens with zero attached hydrogens (tertiary/aromatic N) is 1. The average molecular weight is 290 g/mol. The van der Waals surface area contributed by atoms with E-state index in [-0.39, 0.29) is 0 Å². The number of rotatable bonds is 7. The van der Waals surface area contributed by atoms with Crippen molar-refractivity contribution in [1.29, 1.82) is 0 Å². The van der Waals surface area contributed by atoms with E-state index in [1.165, 1.54) is 43.6 Å². The van der Waals surface area contributed by atoms with Crippen LogP contribution in [0.15, 0.2) is 18.2 Å². The van der Waals surface area contributed by atoms with Crippen molar-refractivity contribution in [3.8, 4) is 5.75 Å². The Morgan fingerprint density at radius 3 is 2.86 bits per heavy atom. The smallest absolute Gasteiger partial charge is 0.125 e. The molecule has 0 amide bonds. The van der Waals surface area contributed by atoms with Gasteiger partial charge >= 0.3 is 0 Å². The first kappa shape index (κ1) is 16.2. The zero-order valence-electron chi connectivity index (χ0n) is 14.0. The van der Waals surface area contributed by atoms with Gasteiger partial charge in [0.15, 0.2) is 0 Å². The summed E-state index contributed by atoms with van der Waals surface area (Å²) in [7, 11) is 1.77. The van der Waals surface area contributed by atoms with E-state index in [1.54, 1.807) is 7.11 Å². The van der Waals surface area contributed by atoms with Crippen molar-refractivity contribution in [3.05, 3.63) is 23.8 Å². The molecule has 0 aliphatic carbocycles. The molecule has 1 aromatic rings. The molecule has 1 N–H and O–H groups in total. The van der Waals surface area contributed by atoms with Crippen LogP contribution in [0, 0.1) is 5.92 Å². The minimum absolute atomic E-state index is 0.311. The van der Waals surface area contributed by atoms with Crippen molar-refractivity contribution in [3.63, 3.8) is 0 Å². The minimum Gasteiger partial charge on any atom is -0.496 e. The second kappa shape index (κ2) is 7.69. The molecular formula is C18H30N2O. The number of methoxy groups -OCH3 is 1. The highest BCUT2D eigenvalue weighted by molar-refractivity contribution is 5.61. The van der Waals surface area contributed by atoms with E-state index in [0.717, 1.165) is 18.2 Å². The van der Waals surface area contributed by atoms with Crippen LogP contribution in [0.25, 0.3) is 0 Å². The van der Waals surface area contributed by atoms with Gasteiger partial charge in [0.1, 0.15) is 5.75 Å². The van der Waals surface area contributed by atoms with E-state index in [4.69, 9.17) is 4.74 Å². The molecule has 1 heterocycles. The third kappa shape index (κ3) is 3.70. The molecule has 1 saturated heterocycles. The highest BCUT2D eigenvalue weighted by Crippen LogP contribution is 2.37. The van der Waals surface area contributed by atoms with Gasteiger partial charge in [-0.25, -0.2) is 0 Å². The summed E-state index contributed by atoms with van der Waals surface area (Å²) < 4.78 is 5.62. The maximum absolute atomic E-state index is 5.62. The molecule has 21 heavy (non-hydrogen) atoms. The standard InChI is InChI=1S/C18H30N2O/c1-5-8-15-11-12-20(13-15)16-9-7-10-17(21-4)18(16)14(3)19-6-2/h7,9-10,14-15,19H,5-6,8,11-13H2,1-4H3. The number of hydrogen-bond acceptors (Lipinski definition) is 3. The van der Waals surface area contributed by atoms with Crippen molar-refractivity contribution >= 4 is 5.69 Å². The van der Waals surface area contributed by atoms with Crippen LogP contribution in [0.4, 0.5) is 5.69 Å². The fraction of sp³-hybridized carbons (Fsp3) is 0.667. The topological polar surface area (TPSA) is 24.5 Å². The molecule has 1 aliphatic heterocycles. The molecule has 1 aromatic carbocycles. The Hall–Kier alpha value is -1.22. The molecule has 1 aliphatic rings. The first-order valence-electron chi connectivity index (χ1n) is 8.36. The van der Waals surface area contributed by atoms with E-state index < -0.39 is 0 Å². The van der Waals surface area contributed by atoms with Crippen LogP contribution in [0.3, 0.4) is 0 Å². The van der Waals surface area contributed by atoms with Crippen molar-refractivity contribution < 1.29 is 4.74 Å². The fourth-order valence-electron chi connectivity index (χ4n) is 3.52. The van der Waals surface area contributed by atoms with E-state index in [2.05, 4.69) is 49.2 Å². The van der Waals surface area contributed by atoms with Gasteiger partial charge in [0, 0.05) is 30.4 Å². The van der Waals surface area contributed by atoms with Gasteiger partial charge in [-0.15, -0.1) is 0 Å². The maximum atomic E-state index is 5.62. The van der Waals surface area contributed by atoms with Gasteiger partial charge in [-0.3, -0.25) is 0 Å². The summed E-state index contributed by atoms with van der Waals surface area (Å²) in [6.45, 7) is 9.99. The molecule has 2 unspecified atom stereocenters. The highest BCUT2D eigenvalue weighted by Gasteiger charge is 2.26. The highest BCUT2D eigenvalue weighted by atomic mass is 16.5. The molecule has 0 aromatic heterocycles. The van der Waals surface area contributed by atoms with Crippen LogP contribution < -0.4 is 15.0 Å². The van der Waals surface area contributed by atoms with Crippen molar-refractivity contribution in [2.45, 2.75) is 46.1 Å². The van der Waals surface area contributed by atoms with Gasteiger partial charge in [-0.2, -0.15) is 0 Å². The predicted octanol–water partition coefficient (Wildman–Crippen LogP) is 3.99. The van der Waals surface area contributed by atoms with Crippen LogP contribution in [0.5, 0.6) is 5.75 Å². The fourth-order valence-corrected chi connectivity index (χ4v) is 3.52. The average Bonchev–Trinajstić information content (AvgIpc) is 2.95. The largest absolute Gasteiger partial charge is 0.496 e. The predicted molar refractivity (Wildman–Crippen MR) is 90.3 cm³/mol. The Morgan fingerprint density at radius 1 is 1.38 bits per heavy atom. The van der Waals surface area contributed by atoms with Gasteiger partial charge in [0.2, 0.25) is 0 Å². The van der Waals surface area contributed by atoms with Gasteiger partial charge in [0.25, 0.3) is 0 Å². The molecule has 3 heteroatoms. The molecular weight excluding hydrogens is 260 g/mol. The minimum atomic E-state index is 0.311. The summed E-state index contributed by atoms with van der Waals surface area (Å²) in [5.74, 6) is 1.85. The third-order valence-electron chi connectivity index (χ3n) is 4.53. The Balaban J connectivity index is 2.26. The molecule has 1 fully saturated rings. The van der Waals surface area contributed by atoms with Crippen LogP contribution in [0.2, 0.25) is 0 Å². The summed E-state index contributed by atoms with van der Waals surface area (Å²) >= 11 is 0. The number of hydrogen-bond donors (Lipinski definition) is 1. The second-order valence-electron chi connectivity index (χ2n) is 6.06. The summed E-state index contributed by atoms with van der Waals surface area (Å²) in [4.78, 5) is 2.55. The molecule has 2 rings (SSSR count). The number of anilines is 1. The quantitative estimate of drug-likeness (QED) is 0.821. The van der Waals surface area contributed by atoms with Crippen molar-refractivity contribution in [2.24, 2.45) is 5.92 Å². The van der Waals surface area contributed by atoms with Gasteiger partial charge in [-0.1, -0.05) is 26.3 Å².